The quantitative estimate of drug-likeness (QED) is 0.357. The number of hydrogen-bond donors (Lipinski definition) is 2. The van der Waals surface area contributed by atoms with Crippen LogP contribution in [0.5, 0.6) is 0 Å². The van der Waals surface area contributed by atoms with Gasteiger partial charge in [0.05, 0.1) is 0 Å². The molecule has 1 saturated carbocycles. The van der Waals surface area contributed by atoms with Gasteiger partial charge in [-0.15, -0.1) is 0 Å². The minimum atomic E-state index is -6.66. The second-order valence-electron chi connectivity index (χ2n) is 8.88. The van der Waals surface area contributed by atoms with E-state index in [1.165, 1.54) is 0 Å². The summed E-state index contributed by atoms with van der Waals surface area (Å²) in [7, 11) is 0. The van der Waals surface area contributed by atoms with Crippen LogP contribution < -0.4 is 0 Å². The monoisotopic (exact) mass is 548 g/mol. The molecule has 0 heterocycles. The lowest BCUT2D eigenvalue weighted by molar-refractivity contribution is -0.405. The van der Waals surface area contributed by atoms with E-state index in [0.717, 1.165) is 13.8 Å². The van der Waals surface area contributed by atoms with Crippen LogP contribution in [0.4, 0.5) is 57.1 Å². The highest BCUT2D eigenvalue weighted by molar-refractivity contribution is 5.79. The van der Waals surface area contributed by atoms with E-state index in [1.807, 2.05) is 0 Å². The van der Waals surface area contributed by atoms with E-state index < -0.39 is 90.7 Å². The molecule has 1 aliphatic rings. The second-order valence-corrected chi connectivity index (χ2v) is 8.88. The molecule has 17 heteroatoms. The van der Waals surface area contributed by atoms with Crippen molar-refractivity contribution in [1.82, 2.24) is 0 Å². The highest BCUT2D eigenvalue weighted by Crippen LogP contribution is 2.58. The van der Waals surface area contributed by atoms with Gasteiger partial charge in [-0.2, -0.15) is 52.7 Å². The molecule has 1 rings (SSSR count). The van der Waals surface area contributed by atoms with Gasteiger partial charge < -0.3 is 14.9 Å². The summed E-state index contributed by atoms with van der Waals surface area (Å²) in [5.41, 5.74) is -14.7. The van der Waals surface area contributed by atoms with Crippen LogP contribution in [0.2, 0.25) is 0 Å². The standard InChI is InChI=1S/C18H21F13O4/c1-7(2)12(3,19)11(32)35-10-5-8(13(33,15(20,21)22)16(23,24)25)4-9(6-10)14(34,17(26,27)28)18(29,30)31/h7-10,33-34H,4-6H2,1-3H3. The van der Waals surface area contributed by atoms with Crippen LogP contribution in [0.1, 0.15) is 40.0 Å². The first-order chi connectivity index (χ1) is 15.2. The summed E-state index contributed by atoms with van der Waals surface area (Å²) in [4.78, 5) is 12.1. The Kier molecular flexibility index (Phi) is 8.19. The van der Waals surface area contributed by atoms with Gasteiger partial charge in [0.15, 0.2) is 0 Å². The average molecular weight is 548 g/mol. The zero-order chi connectivity index (χ0) is 28.2. The molecule has 0 aliphatic heterocycles. The zero-order valence-corrected chi connectivity index (χ0v) is 18.1. The molecule has 35 heavy (non-hydrogen) atoms. The number of hydrogen-bond acceptors (Lipinski definition) is 4. The number of halogens is 13. The van der Waals surface area contributed by atoms with Crippen LogP contribution >= 0.6 is 0 Å². The lowest BCUT2D eigenvalue weighted by Crippen LogP contribution is -2.67. The predicted octanol–water partition coefficient (Wildman–Crippen LogP) is 5.41. The van der Waals surface area contributed by atoms with Crippen LogP contribution in [-0.4, -0.2) is 63.9 Å². The third kappa shape index (κ3) is 5.44. The van der Waals surface area contributed by atoms with Crippen molar-refractivity contribution >= 4 is 5.97 Å². The molecule has 3 unspecified atom stereocenters. The molecule has 0 amide bonds. The first kappa shape index (κ1) is 31.5. The first-order valence-corrected chi connectivity index (χ1v) is 9.77. The Hall–Kier alpha value is -1.52. The second kappa shape index (κ2) is 9.10. The largest absolute Gasteiger partial charge is 0.460 e. The van der Waals surface area contributed by atoms with Crippen molar-refractivity contribution in [3.05, 3.63) is 0 Å². The van der Waals surface area contributed by atoms with Gasteiger partial charge in [-0.05, 0) is 32.1 Å². The van der Waals surface area contributed by atoms with E-state index >= 15 is 0 Å². The molecular weight excluding hydrogens is 527 g/mol. The summed E-state index contributed by atoms with van der Waals surface area (Å²) in [5.74, 6) is -10.2. The number of carbonyl (C=O) groups excluding carboxylic acids is 1. The fourth-order valence-corrected chi connectivity index (χ4v) is 3.79. The van der Waals surface area contributed by atoms with Gasteiger partial charge in [-0.3, -0.25) is 0 Å². The van der Waals surface area contributed by atoms with Crippen LogP contribution in [0.3, 0.4) is 0 Å². The number of esters is 1. The normalized spacial score (nSPS) is 25.4. The van der Waals surface area contributed by atoms with Crippen LogP contribution in [-0.2, 0) is 9.53 Å². The Morgan fingerprint density at radius 2 is 0.971 bits per heavy atom. The first-order valence-electron chi connectivity index (χ1n) is 9.77. The number of aliphatic hydroxyl groups is 2. The van der Waals surface area contributed by atoms with Crippen molar-refractivity contribution in [2.24, 2.45) is 17.8 Å². The van der Waals surface area contributed by atoms with Crippen LogP contribution in [0.15, 0.2) is 0 Å². The summed E-state index contributed by atoms with van der Waals surface area (Å²) >= 11 is 0. The van der Waals surface area contributed by atoms with E-state index in [4.69, 9.17) is 0 Å². The molecule has 0 aromatic rings. The molecule has 1 aliphatic carbocycles. The maximum Gasteiger partial charge on any atom is 0.426 e. The van der Waals surface area contributed by atoms with Crippen molar-refractivity contribution in [3.63, 3.8) is 0 Å². The zero-order valence-electron chi connectivity index (χ0n) is 18.1. The maximum atomic E-state index is 14.5. The Bertz CT molecular complexity index is 690. The molecule has 0 aromatic carbocycles. The molecule has 3 atom stereocenters. The highest BCUT2D eigenvalue weighted by atomic mass is 19.4. The molecule has 2 N–H and O–H groups in total. The number of carbonyl (C=O) groups is 1. The van der Waals surface area contributed by atoms with Gasteiger partial charge in [-0.1, -0.05) is 13.8 Å². The Balaban J connectivity index is 3.70. The summed E-state index contributed by atoms with van der Waals surface area (Å²) in [5, 5.41) is 19.2. The van der Waals surface area contributed by atoms with Gasteiger partial charge in [0.1, 0.15) is 6.10 Å². The van der Waals surface area contributed by atoms with Crippen molar-refractivity contribution in [2.45, 2.75) is 87.7 Å². The van der Waals surface area contributed by atoms with Crippen molar-refractivity contribution in [3.8, 4) is 0 Å². The molecule has 0 bridgehead atoms. The molecule has 0 spiro atoms. The number of rotatable bonds is 5. The highest BCUT2D eigenvalue weighted by Gasteiger charge is 2.78. The minimum Gasteiger partial charge on any atom is -0.460 e. The van der Waals surface area contributed by atoms with Crippen molar-refractivity contribution in [1.29, 1.82) is 0 Å². The predicted molar refractivity (Wildman–Crippen MR) is 89.2 cm³/mol. The minimum absolute atomic E-state index is 0.557. The fourth-order valence-electron chi connectivity index (χ4n) is 3.79. The van der Waals surface area contributed by atoms with Crippen molar-refractivity contribution < 1.29 is 76.8 Å². The van der Waals surface area contributed by atoms with Gasteiger partial charge in [-0.25, -0.2) is 9.18 Å². The van der Waals surface area contributed by atoms with Gasteiger partial charge in [0, 0.05) is 11.8 Å². The molecule has 0 radical (unpaired) electrons. The third-order valence-electron chi connectivity index (χ3n) is 6.33. The van der Waals surface area contributed by atoms with E-state index in [-0.39, 0.29) is 0 Å². The number of ether oxygens (including phenoxy) is 1. The number of alkyl halides is 13. The molecular formula is C18H21F13O4. The SMILES string of the molecule is CC(C)C(C)(F)C(=O)OC1CC(C(O)(C(F)(F)F)C(F)(F)F)CC(C(O)(C(F)(F)F)C(F)(F)F)C1. The van der Waals surface area contributed by atoms with E-state index in [2.05, 4.69) is 4.74 Å². The Morgan fingerprint density at radius 3 is 1.20 bits per heavy atom. The topological polar surface area (TPSA) is 66.8 Å². The maximum absolute atomic E-state index is 14.5. The molecule has 1 fully saturated rings. The molecule has 0 saturated heterocycles. The Labute approximate surface area is 189 Å². The summed E-state index contributed by atoms with van der Waals surface area (Å²) < 4.78 is 179. The summed E-state index contributed by atoms with van der Waals surface area (Å²) in [6.07, 6.45) is -35.0. The van der Waals surface area contributed by atoms with Gasteiger partial charge in [0.2, 0.25) is 5.67 Å². The van der Waals surface area contributed by atoms with Crippen LogP contribution in [0, 0.1) is 17.8 Å². The lowest BCUT2D eigenvalue weighted by atomic mass is 9.65. The summed E-state index contributed by atoms with van der Waals surface area (Å²) in [6, 6.07) is 0. The Morgan fingerprint density at radius 1 is 0.686 bits per heavy atom. The van der Waals surface area contributed by atoms with E-state index in [9.17, 15) is 72.1 Å². The third-order valence-corrected chi connectivity index (χ3v) is 6.33. The van der Waals surface area contributed by atoms with Gasteiger partial charge in [0.25, 0.3) is 11.2 Å². The molecule has 208 valence electrons. The lowest BCUT2D eigenvalue weighted by Gasteiger charge is -2.48. The van der Waals surface area contributed by atoms with Gasteiger partial charge >= 0.3 is 30.7 Å². The molecule has 0 aromatic heterocycles. The molecule has 4 nitrogen and oxygen atoms in total. The van der Waals surface area contributed by atoms with E-state index in [0.29, 0.717) is 6.92 Å². The smallest absolute Gasteiger partial charge is 0.426 e. The average Bonchev–Trinajstić information content (AvgIpc) is 2.62. The van der Waals surface area contributed by atoms with Crippen molar-refractivity contribution in [2.75, 3.05) is 0 Å². The van der Waals surface area contributed by atoms with Crippen LogP contribution in [0.25, 0.3) is 0 Å². The fraction of sp³-hybridized carbons (Fsp3) is 0.944. The summed E-state index contributed by atoms with van der Waals surface area (Å²) in [6.45, 7) is 2.71. The van der Waals surface area contributed by atoms with E-state index in [1.54, 1.807) is 0 Å².